The first-order valence-corrected chi connectivity index (χ1v) is 8.81. The van der Waals surface area contributed by atoms with Gasteiger partial charge in [0.2, 0.25) is 0 Å². The average Bonchev–Trinajstić information content (AvgIpc) is 3.09. The molecule has 1 aromatic heterocycles. The van der Waals surface area contributed by atoms with Crippen LogP contribution in [0, 0.1) is 5.82 Å². The number of ether oxygens (including phenoxy) is 1. The smallest absolute Gasteiger partial charge is 0.276 e. The molecule has 0 bridgehead atoms. The number of halogens is 1. The minimum absolute atomic E-state index is 0.0116. The summed E-state index contributed by atoms with van der Waals surface area (Å²) in [5.41, 5.74) is 0.235. The molecule has 1 aliphatic heterocycles. The van der Waals surface area contributed by atoms with E-state index in [-0.39, 0.29) is 35.9 Å². The van der Waals surface area contributed by atoms with Crippen LogP contribution < -0.4 is 5.32 Å². The molecule has 0 aliphatic carbocycles. The number of benzene rings is 1. The summed E-state index contributed by atoms with van der Waals surface area (Å²) in [5.74, 6) is -1.27. The molecule has 2 amide bonds. The molecule has 0 saturated carbocycles. The van der Waals surface area contributed by atoms with Crippen molar-refractivity contribution in [3.63, 3.8) is 0 Å². The minimum Gasteiger partial charge on any atom is -0.372 e. The average molecular weight is 375 g/mol. The van der Waals surface area contributed by atoms with Crippen molar-refractivity contribution in [2.45, 2.75) is 32.6 Å². The van der Waals surface area contributed by atoms with E-state index in [0.29, 0.717) is 19.6 Å². The Bertz CT molecular complexity index is 815. The third-order valence-electron chi connectivity index (χ3n) is 4.21. The van der Waals surface area contributed by atoms with E-state index in [9.17, 15) is 14.0 Å². The van der Waals surface area contributed by atoms with Crippen LogP contribution in [0.2, 0.25) is 0 Å². The number of amides is 2. The van der Waals surface area contributed by atoms with E-state index in [0.717, 1.165) is 0 Å². The number of nitrogens with zero attached hydrogens (tertiary/aromatic N) is 4. The van der Waals surface area contributed by atoms with Crippen LogP contribution >= 0.6 is 0 Å². The molecule has 1 N–H and O–H groups in total. The second-order valence-electron chi connectivity index (χ2n) is 6.57. The van der Waals surface area contributed by atoms with E-state index in [1.165, 1.54) is 22.9 Å². The third-order valence-corrected chi connectivity index (χ3v) is 4.21. The van der Waals surface area contributed by atoms with E-state index in [1.807, 2.05) is 13.8 Å². The van der Waals surface area contributed by atoms with Gasteiger partial charge in [-0.1, -0.05) is 17.3 Å². The van der Waals surface area contributed by atoms with Gasteiger partial charge in [0.15, 0.2) is 5.69 Å². The van der Waals surface area contributed by atoms with E-state index in [4.69, 9.17) is 4.74 Å². The molecule has 1 aliphatic rings. The summed E-state index contributed by atoms with van der Waals surface area (Å²) in [4.78, 5) is 26.2. The number of nitrogens with one attached hydrogen (secondary N) is 1. The summed E-state index contributed by atoms with van der Waals surface area (Å²) in [5, 5.41) is 10.5. The second-order valence-corrected chi connectivity index (χ2v) is 6.57. The molecule has 144 valence electrons. The maximum Gasteiger partial charge on any atom is 0.276 e. The number of rotatable bonds is 5. The zero-order valence-electron chi connectivity index (χ0n) is 15.3. The van der Waals surface area contributed by atoms with Crippen molar-refractivity contribution in [3.8, 4) is 0 Å². The van der Waals surface area contributed by atoms with Gasteiger partial charge >= 0.3 is 0 Å². The Balaban J connectivity index is 1.53. The standard InChI is InChI=1S/C18H22FN5O3/c1-12-9-23(10-13(2)27-12)18(26)16-11-24(22-21-16)8-7-20-17(25)14-5-3-4-6-15(14)19/h3-6,11-13H,7-10H2,1-2H3,(H,20,25)/t12-,13+. The molecule has 0 radical (unpaired) electrons. The molecule has 2 heterocycles. The first kappa shape index (κ1) is 19.0. The largest absolute Gasteiger partial charge is 0.372 e. The summed E-state index contributed by atoms with van der Waals surface area (Å²) in [7, 11) is 0. The van der Waals surface area contributed by atoms with Crippen LogP contribution in [-0.4, -0.2) is 63.6 Å². The van der Waals surface area contributed by atoms with Crippen molar-refractivity contribution in [3.05, 3.63) is 47.5 Å². The van der Waals surface area contributed by atoms with Crippen LogP contribution in [-0.2, 0) is 11.3 Å². The molecule has 8 nitrogen and oxygen atoms in total. The van der Waals surface area contributed by atoms with Gasteiger partial charge in [-0.15, -0.1) is 5.10 Å². The Morgan fingerprint density at radius 1 is 1.26 bits per heavy atom. The third kappa shape index (κ3) is 4.68. The zero-order chi connectivity index (χ0) is 19.4. The summed E-state index contributed by atoms with van der Waals surface area (Å²) in [6, 6.07) is 5.77. The van der Waals surface area contributed by atoms with Crippen molar-refractivity contribution in [1.29, 1.82) is 0 Å². The van der Waals surface area contributed by atoms with Crippen molar-refractivity contribution >= 4 is 11.8 Å². The Morgan fingerprint density at radius 3 is 2.67 bits per heavy atom. The fraction of sp³-hybridized carbons (Fsp3) is 0.444. The highest BCUT2D eigenvalue weighted by Gasteiger charge is 2.28. The van der Waals surface area contributed by atoms with Crippen LogP contribution in [0.3, 0.4) is 0 Å². The number of aromatic nitrogens is 3. The highest BCUT2D eigenvalue weighted by Crippen LogP contribution is 2.13. The fourth-order valence-electron chi connectivity index (χ4n) is 3.04. The molecule has 1 saturated heterocycles. The van der Waals surface area contributed by atoms with Gasteiger partial charge in [-0.25, -0.2) is 9.07 Å². The van der Waals surface area contributed by atoms with Gasteiger partial charge in [0, 0.05) is 19.6 Å². The topological polar surface area (TPSA) is 89.4 Å². The van der Waals surface area contributed by atoms with Gasteiger partial charge in [-0.2, -0.15) is 0 Å². The molecule has 27 heavy (non-hydrogen) atoms. The van der Waals surface area contributed by atoms with E-state index >= 15 is 0 Å². The Hall–Kier alpha value is -2.81. The summed E-state index contributed by atoms with van der Waals surface area (Å²) < 4.78 is 20.7. The Kier molecular flexibility index (Phi) is 5.80. The Morgan fingerprint density at radius 2 is 1.96 bits per heavy atom. The lowest BCUT2D eigenvalue weighted by Crippen LogP contribution is -2.48. The monoisotopic (exact) mass is 375 g/mol. The lowest BCUT2D eigenvalue weighted by molar-refractivity contribution is -0.0587. The number of carbonyl (C=O) groups is 2. The van der Waals surface area contributed by atoms with Gasteiger partial charge in [0.25, 0.3) is 11.8 Å². The maximum absolute atomic E-state index is 13.6. The molecule has 0 spiro atoms. The SMILES string of the molecule is C[C@@H]1CN(C(=O)c2cn(CCNC(=O)c3ccccc3F)nn2)C[C@H](C)O1. The zero-order valence-corrected chi connectivity index (χ0v) is 15.3. The highest BCUT2D eigenvalue weighted by atomic mass is 19.1. The second kappa shape index (κ2) is 8.26. The molecule has 1 fully saturated rings. The Labute approximate surface area is 156 Å². The van der Waals surface area contributed by atoms with Crippen LogP contribution in [0.5, 0.6) is 0 Å². The van der Waals surface area contributed by atoms with E-state index in [2.05, 4.69) is 15.6 Å². The van der Waals surface area contributed by atoms with Crippen molar-refractivity contribution in [2.24, 2.45) is 0 Å². The lowest BCUT2D eigenvalue weighted by atomic mass is 10.2. The summed E-state index contributed by atoms with van der Waals surface area (Å²) in [6.07, 6.45) is 1.49. The van der Waals surface area contributed by atoms with Gasteiger partial charge < -0.3 is 15.0 Å². The molecule has 1 aromatic carbocycles. The van der Waals surface area contributed by atoms with Gasteiger partial charge in [-0.05, 0) is 26.0 Å². The van der Waals surface area contributed by atoms with Crippen molar-refractivity contribution in [1.82, 2.24) is 25.2 Å². The van der Waals surface area contributed by atoms with E-state index in [1.54, 1.807) is 17.2 Å². The number of hydrogen-bond acceptors (Lipinski definition) is 5. The molecular formula is C18H22FN5O3. The van der Waals surface area contributed by atoms with Gasteiger partial charge in [0.05, 0.1) is 30.5 Å². The van der Waals surface area contributed by atoms with E-state index < -0.39 is 11.7 Å². The molecule has 2 atom stereocenters. The molecular weight excluding hydrogens is 353 g/mol. The number of morpholine rings is 1. The van der Waals surface area contributed by atoms with Gasteiger partial charge in [-0.3, -0.25) is 9.59 Å². The van der Waals surface area contributed by atoms with Crippen LogP contribution in [0.25, 0.3) is 0 Å². The summed E-state index contributed by atoms with van der Waals surface area (Å²) >= 11 is 0. The van der Waals surface area contributed by atoms with Crippen molar-refractivity contribution in [2.75, 3.05) is 19.6 Å². The summed E-state index contributed by atoms with van der Waals surface area (Å²) in [6.45, 7) is 5.41. The number of hydrogen-bond donors (Lipinski definition) is 1. The normalized spacial score (nSPS) is 19.7. The predicted octanol–water partition coefficient (Wildman–Crippen LogP) is 1.10. The number of carbonyl (C=O) groups excluding carboxylic acids is 2. The van der Waals surface area contributed by atoms with Crippen molar-refractivity contribution < 1.29 is 18.7 Å². The van der Waals surface area contributed by atoms with Crippen LogP contribution in [0.15, 0.2) is 30.5 Å². The van der Waals surface area contributed by atoms with Crippen LogP contribution in [0.1, 0.15) is 34.7 Å². The van der Waals surface area contributed by atoms with Crippen LogP contribution in [0.4, 0.5) is 4.39 Å². The fourth-order valence-corrected chi connectivity index (χ4v) is 3.04. The molecule has 9 heteroatoms. The lowest BCUT2D eigenvalue weighted by Gasteiger charge is -2.34. The first-order valence-electron chi connectivity index (χ1n) is 8.81. The first-order chi connectivity index (χ1) is 12.9. The molecule has 2 aromatic rings. The predicted molar refractivity (Wildman–Crippen MR) is 94.7 cm³/mol. The molecule has 0 unspecified atom stereocenters. The van der Waals surface area contributed by atoms with Gasteiger partial charge in [0.1, 0.15) is 5.82 Å². The quantitative estimate of drug-likeness (QED) is 0.845. The minimum atomic E-state index is -0.572. The highest BCUT2D eigenvalue weighted by molar-refractivity contribution is 5.94. The molecule has 3 rings (SSSR count). The maximum atomic E-state index is 13.6.